The molecule has 1 fully saturated rings. The molecule has 9 nitrogen and oxygen atoms in total. The number of aliphatic carboxylic acids is 1. The van der Waals surface area contributed by atoms with Gasteiger partial charge >= 0.3 is 5.97 Å². The van der Waals surface area contributed by atoms with Gasteiger partial charge in [-0.3, -0.25) is 10.1 Å². The van der Waals surface area contributed by atoms with Gasteiger partial charge in [0.2, 0.25) is 5.89 Å². The first-order chi connectivity index (χ1) is 15.4. The Hall–Kier alpha value is -3.37. The molecular formula is C21H17ClN4O5S. The normalized spacial score (nSPS) is 14.0. The highest BCUT2D eigenvalue weighted by atomic mass is 35.5. The lowest BCUT2D eigenvalue weighted by Gasteiger charge is -2.17. The second-order valence-corrected chi connectivity index (χ2v) is 8.42. The van der Waals surface area contributed by atoms with Gasteiger partial charge in [0.15, 0.2) is 0 Å². The fourth-order valence-corrected chi connectivity index (χ4v) is 4.14. The van der Waals surface area contributed by atoms with Crippen molar-refractivity contribution in [1.82, 2.24) is 10.2 Å². The Balaban J connectivity index is 1.59. The van der Waals surface area contributed by atoms with E-state index in [0.29, 0.717) is 21.8 Å². The molecule has 0 atom stereocenters. The molecular weight excluding hydrogens is 456 g/mol. The lowest BCUT2D eigenvalue weighted by Crippen LogP contribution is -2.18. The lowest BCUT2D eigenvalue weighted by molar-refractivity contribution is -0.384. The zero-order chi connectivity index (χ0) is 22.7. The molecule has 32 heavy (non-hydrogen) atoms. The first kappa shape index (κ1) is 21.8. The third kappa shape index (κ3) is 4.92. The summed E-state index contributed by atoms with van der Waals surface area (Å²) >= 11 is 6.64. The van der Waals surface area contributed by atoms with E-state index < -0.39 is 10.9 Å². The smallest absolute Gasteiger partial charge is 0.342 e. The first-order valence-electron chi connectivity index (χ1n) is 9.66. The fraction of sp³-hybridized carbons (Fsp3) is 0.190. The molecule has 1 aliphatic heterocycles. The molecule has 164 valence electrons. The number of carboxylic acid groups (broad SMARTS) is 1. The number of hydrogen-bond acceptors (Lipinski definition) is 8. The molecule has 1 aliphatic rings. The van der Waals surface area contributed by atoms with Crippen LogP contribution in [0.25, 0.3) is 17.5 Å². The van der Waals surface area contributed by atoms with Gasteiger partial charge in [-0.15, -0.1) is 10.2 Å². The minimum absolute atomic E-state index is 0.0341. The first-order valence-corrected chi connectivity index (χ1v) is 10.9. The van der Waals surface area contributed by atoms with Crippen LogP contribution in [0.1, 0.15) is 18.4 Å². The average Bonchev–Trinajstić information content (AvgIpc) is 3.46. The van der Waals surface area contributed by atoms with Crippen LogP contribution in [0.15, 0.2) is 57.0 Å². The Kier molecular flexibility index (Phi) is 6.42. The highest BCUT2D eigenvalue weighted by Gasteiger charge is 2.23. The van der Waals surface area contributed by atoms with Crippen LogP contribution >= 0.6 is 23.4 Å². The van der Waals surface area contributed by atoms with Crippen molar-refractivity contribution in [3.05, 3.63) is 68.1 Å². The predicted octanol–water partition coefficient (Wildman–Crippen LogP) is 5.12. The second-order valence-electron chi connectivity index (χ2n) is 7.00. The summed E-state index contributed by atoms with van der Waals surface area (Å²) < 4.78 is 5.56. The zero-order valence-electron chi connectivity index (χ0n) is 16.6. The number of carboxylic acids is 1. The van der Waals surface area contributed by atoms with E-state index in [0.717, 1.165) is 37.7 Å². The maximum Gasteiger partial charge on any atom is 0.342 e. The topological polar surface area (TPSA) is 123 Å². The van der Waals surface area contributed by atoms with Gasteiger partial charge in [-0.2, -0.15) is 0 Å². The number of carbonyl (C=O) groups is 1. The summed E-state index contributed by atoms with van der Waals surface area (Å²) in [6, 6.07) is 11.5. The monoisotopic (exact) mass is 472 g/mol. The Morgan fingerprint density at radius 3 is 2.56 bits per heavy atom. The Morgan fingerprint density at radius 1 is 1.19 bits per heavy atom. The summed E-state index contributed by atoms with van der Waals surface area (Å²) in [5.41, 5.74) is 1.52. The van der Waals surface area contributed by atoms with E-state index in [1.165, 1.54) is 12.1 Å². The van der Waals surface area contributed by atoms with Crippen LogP contribution in [-0.4, -0.2) is 39.3 Å². The van der Waals surface area contributed by atoms with Gasteiger partial charge in [0, 0.05) is 29.7 Å². The van der Waals surface area contributed by atoms with E-state index in [-0.39, 0.29) is 21.7 Å². The van der Waals surface area contributed by atoms with Gasteiger partial charge in [-0.1, -0.05) is 17.7 Å². The van der Waals surface area contributed by atoms with Gasteiger partial charge in [0.1, 0.15) is 10.6 Å². The van der Waals surface area contributed by atoms with Crippen LogP contribution in [0.3, 0.4) is 0 Å². The number of hydrogen-bond donors (Lipinski definition) is 1. The maximum absolute atomic E-state index is 11.8. The van der Waals surface area contributed by atoms with E-state index in [1.807, 2.05) is 4.90 Å². The van der Waals surface area contributed by atoms with Gasteiger partial charge in [0.05, 0.1) is 4.92 Å². The van der Waals surface area contributed by atoms with Crippen LogP contribution in [0.2, 0.25) is 5.02 Å². The number of anilines is 1. The molecule has 0 amide bonds. The van der Waals surface area contributed by atoms with Crippen molar-refractivity contribution in [2.45, 2.75) is 18.1 Å². The maximum atomic E-state index is 11.8. The summed E-state index contributed by atoms with van der Waals surface area (Å²) in [4.78, 5) is 24.8. The molecule has 0 unspecified atom stereocenters. The highest BCUT2D eigenvalue weighted by molar-refractivity contribution is 8.03. The van der Waals surface area contributed by atoms with Gasteiger partial charge in [0.25, 0.3) is 10.9 Å². The van der Waals surface area contributed by atoms with Crippen molar-refractivity contribution in [2.24, 2.45) is 0 Å². The van der Waals surface area contributed by atoms with E-state index in [1.54, 1.807) is 36.4 Å². The van der Waals surface area contributed by atoms with E-state index in [9.17, 15) is 20.0 Å². The molecule has 1 N–H and O–H groups in total. The summed E-state index contributed by atoms with van der Waals surface area (Å²) in [5.74, 6) is -0.993. The van der Waals surface area contributed by atoms with Crippen molar-refractivity contribution >= 4 is 46.8 Å². The molecule has 1 aromatic heterocycles. The zero-order valence-corrected chi connectivity index (χ0v) is 18.2. The number of nitro benzene ring substituents is 1. The van der Waals surface area contributed by atoms with Crippen molar-refractivity contribution in [1.29, 1.82) is 0 Å². The third-order valence-electron chi connectivity index (χ3n) is 4.85. The van der Waals surface area contributed by atoms with E-state index in [2.05, 4.69) is 10.2 Å². The molecule has 0 radical (unpaired) electrons. The Bertz CT molecular complexity index is 1190. The summed E-state index contributed by atoms with van der Waals surface area (Å²) in [6.45, 7) is 1.53. The SMILES string of the molecule is O=C(O)/C(=C\c1ccc(N2CCCC2)c([N+](=O)[O-])c1)Sc1nnc(-c2ccc(Cl)cc2)o1. The second kappa shape index (κ2) is 9.41. The molecule has 2 aromatic carbocycles. The van der Waals surface area contributed by atoms with Crippen molar-refractivity contribution in [2.75, 3.05) is 18.0 Å². The van der Waals surface area contributed by atoms with E-state index >= 15 is 0 Å². The molecule has 11 heteroatoms. The molecule has 0 saturated carbocycles. The molecule has 3 aromatic rings. The summed E-state index contributed by atoms with van der Waals surface area (Å²) in [7, 11) is 0. The van der Waals surface area contributed by atoms with Crippen LogP contribution in [-0.2, 0) is 4.79 Å². The Labute approximate surface area is 191 Å². The Morgan fingerprint density at radius 2 is 1.91 bits per heavy atom. The molecule has 2 heterocycles. The minimum Gasteiger partial charge on any atom is -0.477 e. The average molecular weight is 473 g/mol. The predicted molar refractivity (Wildman–Crippen MR) is 121 cm³/mol. The number of nitrogens with zero attached hydrogens (tertiary/aromatic N) is 4. The number of aromatic nitrogens is 2. The van der Waals surface area contributed by atoms with Crippen molar-refractivity contribution in [3.63, 3.8) is 0 Å². The number of nitro groups is 1. The van der Waals surface area contributed by atoms with Crippen LogP contribution in [0.5, 0.6) is 0 Å². The number of thioether (sulfide) groups is 1. The number of rotatable bonds is 7. The van der Waals surface area contributed by atoms with Crippen molar-refractivity contribution in [3.8, 4) is 11.5 Å². The largest absolute Gasteiger partial charge is 0.477 e. The number of benzene rings is 2. The van der Waals surface area contributed by atoms with Crippen molar-refractivity contribution < 1.29 is 19.2 Å². The van der Waals surface area contributed by atoms with Gasteiger partial charge in [-0.25, -0.2) is 4.79 Å². The highest BCUT2D eigenvalue weighted by Crippen LogP contribution is 2.34. The van der Waals surface area contributed by atoms with Gasteiger partial charge in [-0.05, 0) is 66.6 Å². The summed E-state index contributed by atoms with van der Waals surface area (Å²) in [6.07, 6.45) is 3.32. The molecule has 1 saturated heterocycles. The van der Waals surface area contributed by atoms with Crippen LogP contribution in [0.4, 0.5) is 11.4 Å². The molecule has 0 spiro atoms. The fourth-order valence-electron chi connectivity index (χ4n) is 3.34. The summed E-state index contributed by atoms with van der Waals surface area (Å²) in [5, 5.41) is 29.6. The standard InChI is InChI=1S/C21H17ClN4O5S/c22-15-6-4-14(5-7-15)19-23-24-21(31-19)32-18(20(27)28)12-13-3-8-16(17(11-13)26(29)30)25-9-1-2-10-25/h3-8,11-12H,1-2,9-10H2,(H,27,28)/b18-12+. The molecule has 4 rings (SSSR count). The van der Waals surface area contributed by atoms with Gasteiger partial charge < -0.3 is 14.4 Å². The number of halogens is 1. The van der Waals surface area contributed by atoms with E-state index in [4.69, 9.17) is 16.0 Å². The minimum atomic E-state index is -1.22. The lowest BCUT2D eigenvalue weighted by atomic mass is 10.1. The molecule has 0 aliphatic carbocycles. The van der Waals surface area contributed by atoms with Crippen LogP contribution < -0.4 is 4.90 Å². The third-order valence-corrected chi connectivity index (χ3v) is 5.95. The quantitative estimate of drug-likeness (QED) is 0.216. The molecule has 0 bridgehead atoms. The van der Waals surface area contributed by atoms with Crippen LogP contribution in [0, 0.1) is 10.1 Å².